The van der Waals surface area contributed by atoms with Crippen LogP contribution in [-0.2, 0) is 16.6 Å². The molecule has 0 saturated heterocycles. The van der Waals surface area contributed by atoms with E-state index in [9.17, 15) is 23.6 Å². The Balaban J connectivity index is 1.86. The van der Waals surface area contributed by atoms with Gasteiger partial charge in [0.1, 0.15) is 0 Å². The van der Waals surface area contributed by atoms with Crippen molar-refractivity contribution in [2.45, 2.75) is 11.4 Å². The second-order valence-corrected chi connectivity index (χ2v) is 8.26. The standard InChI is InChI=1S/C21H16N4O5S/c26-21-20(22-23-31(29,30)17-9-5-2-6-10-17)18-13-16(25(27)28)11-12-19(18)24(21)14-15-7-3-1-4-8-15/h1-13,26H,14H2. The summed E-state index contributed by atoms with van der Waals surface area (Å²) >= 11 is 0. The van der Waals surface area contributed by atoms with E-state index < -0.39 is 14.9 Å². The predicted molar refractivity (Wildman–Crippen MR) is 114 cm³/mol. The Morgan fingerprint density at radius 2 is 1.61 bits per heavy atom. The molecule has 0 amide bonds. The van der Waals surface area contributed by atoms with E-state index in [1.807, 2.05) is 30.3 Å². The Bertz CT molecular complexity index is 1400. The first kappa shape index (κ1) is 20.2. The Morgan fingerprint density at radius 3 is 2.26 bits per heavy atom. The van der Waals surface area contributed by atoms with Crippen LogP contribution in [-0.4, -0.2) is 23.0 Å². The van der Waals surface area contributed by atoms with Crippen LogP contribution in [0.3, 0.4) is 0 Å². The molecule has 31 heavy (non-hydrogen) atoms. The highest BCUT2D eigenvalue weighted by atomic mass is 32.2. The van der Waals surface area contributed by atoms with Crippen molar-refractivity contribution < 1.29 is 18.4 Å². The monoisotopic (exact) mass is 436 g/mol. The molecule has 0 bridgehead atoms. The molecule has 3 aromatic carbocycles. The van der Waals surface area contributed by atoms with Gasteiger partial charge in [-0.1, -0.05) is 53.1 Å². The van der Waals surface area contributed by atoms with Gasteiger partial charge < -0.3 is 9.67 Å². The average Bonchev–Trinajstić information content (AvgIpc) is 3.04. The Kier molecular flexibility index (Phi) is 5.22. The Hall–Kier alpha value is -4.05. The van der Waals surface area contributed by atoms with Crippen molar-refractivity contribution in [3.63, 3.8) is 0 Å². The lowest BCUT2D eigenvalue weighted by Gasteiger charge is -2.07. The van der Waals surface area contributed by atoms with Gasteiger partial charge in [0.25, 0.3) is 15.7 Å². The lowest BCUT2D eigenvalue weighted by Crippen LogP contribution is -1.98. The van der Waals surface area contributed by atoms with Crippen LogP contribution in [0, 0.1) is 10.1 Å². The molecule has 156 valence electrons. The number of non-ortho nitro benzene ring substituents is 1. The van der Waals surface area contributed by atoms with Crippen molar-refractivity contribution in [1.29, 1.82) is 0 Å². The van der Waals surface area contributed by atoms with Crippen molar-refractivity contribution in [3.05, 3.63) is 94.5 Å². The molecule has 0 fully saturated rings. The van der Waals surface area contributed by atoms with Gasteiger partial charge in [0.15, 0.2) is 5.69 Å². The second kappa shape index (κ2) is 8.00. The number of aromatic hydroxyl groups is 1. The third-order valence-corrected chi connectivity index (χ3v) is 5.84. The summed E-state index contributed by atoms with van der Waals surface area (Å²) in [7, 11) is -4.12. The highest BCUT2D eigenvalue weighted by molar-refractivity contribution is 7.90. The largest absolute Gasteiger partial charge is 0.493 e. The summed E-state index contributed by atoms with van der Waals surface area (Å²) in [5.74, 6) is -0.341. The minimum Gasteiger partial charge on any atom is -0.493 e. The molecule has 1 heterocycles. The van der Waals surface area contributed by atoms with Crippen LogP contribution in [0.25, 0.3) is 10.9 Å². The number of hydrogen-bond acceptors (Lipinski definition) is 6. The van der Waals surface area contributed by atoms with Gasteiger partial charge in [0.05, 0.1) is 21.9 Å². The number of hydrogen-bond donors (Lipinski definition) is 1. The van der Waals surface area contributed by atoms with Crippen LogP contribution in [0.4, 0.5) is 11.4 Å². The smallest absolute Gasteiger partial charge is 0.299 e. The highest BCUT2D eigenvalue weighted by Gasteiger charge is 2.21. The van der Waals surface area contributed by atoms with E-state index >= 15 is 0 Å². The minimum atomic E-state index is -4.12. The summed E-state index contributed by atoms with van der Waals surface area (Å²) in [5, 5.41) is 26.0. The molecule has 0 spiro atoms. The topological polar surface area (TPSA) is 127 Å². The first-order valence-corrected chi connectivity index (χ1v) is 10.6. The fourth-order valence-electron chi connectivity index (χ4n) is 3.18. The Morgan fingerprint density at radius 1 is 0.968 bits per heavy atom. The summed E-state index contributed by atoms with van der Waals surface area (Å²) < 4.78 is 29.9. The number of aromatic nitrogens is 1. The molecule has 0 radical (unpaired) electrons. The van der Waals surface area contributed by atoms with Crippen molar-refractivity contribution in [2.24, 2.45) is 9.63 Å². The molecule has 0 atom stereocenters. The summed E-state index contributed by atoms with van der Waals surface area (Å²) in [6.07, 6.45) is 0. The fourth-order valence-corrected chi connectivity index (χ4v) is 3.97. The number of nitro groups is 1. The van der Waals surface area contributed by atoms with E-state index in [4.69, 9.17) is 0 Å². The van der Waals surface area contributed by atoms with Gasteiger partial charge in [-0.3, -0.25) is 10.1 Å². The van der Waals surface area contributed by atoms with Crippen LogP contribution in [0.2, 0.25) is 0 Å². The normalized spacial score (nSPS) is 11.9. The van der Waals surface area contributed by atoms with Crippen LogP contribution in [0.1, 0.15) is 5.56 Å². The lowest BCUT2D eigenvalue weighted by atomic mass is 10.2. The number of fused-ring (bicyclic) bond motifs is 1. The summed E-state index contributed by atoms with van der Waals surface area (Å²) in [5.41, 5.74) is 0.951. The predicted octanol–water partition coefficient (Wildman–Crippen LogP) is 4.78. The lowest BCUT2D eigenvalue weighted by molar-refractivity contribution is -0.384. The maximum Gasteiger partial charge on any atom is 0.299 e. The molecule has 0 aliphatic heterocycles. The second-order valence-electron chi connectivity index (χ2n) is 6.67. The van der Waals surface area contributed by atoms with Gasteiger partial charge in [-0.05, 0) is 23.8 Å². The molecule has 0 aliphatic carbocycles. The SMILES string of the molecule is O=[N+]([O-])c1ccc2c(c1)c(N=NS(=O)(=O)c1ccccc1)c(O)n2Cc1ccccc1. The van der Waals surface area contributed by atoms with Crippen molar-refractivity contribution >= 4 is 32.3 Å². The molecule has 9 nitrogen and oxygen atoms in total. The number of benzene rings is 3. The first-order valence-electron chi connectivity index (χ1n) is 9.13. The highest BCUT2D eigenvalue weighted by Crippen LogP contribution is 2.41. The van der Waals surface area contributed by atoms with E-state index in [0.29, 0.717) is 5.52 Å². The van der Waals surface area contributed by atoms with Crippen LogP contribution in [0.5, 0.6) is 5.88 Å². The summed E-state index contributed by atoms with van der Waals surface area (Å²) in [6.45, 7) is 0.252. The van der Waals surface area contributed by atoms with Crippen LogP contribution < -0.4 is 0 Å². The molecule has 1 aromatic heterocycles. The maximum atomic E-state index is 12.5. The molecule has 4 rings (SSSR count). The molecular formula is C21H16N4O5S. The molecule has 4 aromatic rings. The van der Waals surface area contributed by atoms with E-state index in [0.717, 1.165) is 5.56 Å². The number of rotatable bonds is 6. The van der Waals surface area contributed by atoms with E-state index in [1.165, 1.54) is 34.9 Å². The Labute approximate surface area is 177 Å². The zero-order chi connectivity index (χ0) is 22.0. The third kappa shape index (κ3) is 4.01. The molecule has 10 heteroatoms. The van der Waals surface area contributed by atoms with Crippen molar-refractivity contribution in [3.8, 4) is 5.88 Å². The quantitative estimate of drug-likeness (QED) is 0.264. The molecule has 0 aliphatic rings. The van der Waals surface area contributed by atoms with E-state index in [-0.39, 0.29) is 34.1 Å². The molecule has 1 N–H and O–H groups in total. The molecular weight excluding hydrogens is 420 g/mol. The summed E-state index contributed by atoms with van der Waals surface area (Å²) in [6, 6.07) is 20.8. The average molecular weight is 436 g/mol. The van der Waals surface area contributed by atoms with E-state index in [1.54, 1.807) is 18.2 Å². The van der Waals surface area contributed by atoms with Crippen LogP contribution in [0.15, 0.2) is 93.4 Å². The van der Waals surface area contributed by atoms with Gasteiger partial charge in [-0.25, -0.2) is 0 Å². The number of nitrogens with zero attached hydrogens (tertiary/aromatic N) is 4. The zero-order valence-corrected chi connectivity index (χ0v) is 16.8. The maximum absolute atomic E-state index is 12.5. The van der Waals surface area contributed by atoms with Crippen molar-refractivity contribution in [1.82, 2.24) is 4.57 Å². The first-order chi connectivity index (χ1) is 14.9. The molecule has 0 unspecified atom stereocenters. The summed E-state index contributed by atoms with van der Waals surface area (Å²) in [4.78, 5) is 10.6. The van der Waals surface area contributed by atoms with E-state index in [2.05, 4.69) is 9.63 Å². The van der Waals surface area contributed by atoms with Crippen LogP contribution >= 0.6 is 0 Å². The van der Waals surface area contributed by atoms with Gasteiger partial charge in [0.2, 0.25) is 5.88 Å². The minimum absolute atomic E-state index is 0.0581. The fraction of sp³-hybridized carbons (Fsp3) is 0.0476. The number of nitro benzene ring substituents is 1. The third-order valence-electron chi connectivity index (χ3n) is 4.68. The molecule has 0 saturated carbocycles. The zero-order valence-electron chi connectivity index (χ0n) is 16.0. The van der Waals surface area contributed by atoms with Crippen molar-refractivity contribution in [2.75, 3.05) is 0 Å². The van der Waals surface area contributed by atoms with Gasteiger partial charge >= 0.3 is 0 Å². The van der Waals surface area contributed by atoms with Gasteiger partial charge in [-0.15, -0.1) is 5.11 Å². The van der Waals surface area contributed by atoms with Gasteiger partial charge in [0, 0.05) is 17.5 Å². The number of sulfonamides is 1. The van der Waals surface area contributed by atoms with Gasteiger partial charge in [-0.2, -0.15) is 8.42 Å².